The number of fused-ring (bicyclic) bond motifs is 2. The van der Waals surface area contributed by atoms with E-state index >= 15 is 0 Å². The minimum atomic E-state index is -0.955. The van der Waals surface area contributed by atoms with Gasteiger partial charge in [0.2, 0.25) is 17.7 Å². The smallest absolute Gasteiger partial charge is 0.249 e. The Morgan fingerprint density at radius 3 is 2.53 bits per heavy atom. The predicted octanol–water partition coefficient (Wildman–Crippen LogP) is 5.93. The molecule has 1 saturated carbocycles. The number of thiazole rings is 1. The molecule has 1 saturated heterocycles. The molecular formula is C28H28BrN3O3S. The van der Waals surface area contributed by atoms with Gasteiger partial charge in [-0.3, -0.25) is 19.3 Å². The van der Waals surface area contributed by atoms with Crippen LogP contribution in [0.25, 0.3) is 11.3 Å². The number of nitrogens with zero attached hydrogens (tertiary/aromatic N) is 2. The summed E-state index contributed by atoms with van der Waals surface area (Å²) in [6.07, 6.45) is 1.56. The average Bonchev–Trinajstić information content (AvgIpc) is 3.38. The van der Waals surface area contributed by atoms with E-state index in [-0.39, 0.29) is 24.2 Å². The molecule has 2 aliphatic rings. The van der Waals surface area contributed by atoms with Crippen molar-refractivity contribution in [2.45, 2.75) is 46.1 Å². The number of likely N-dealkylation sites (tertiary alicyclic amines) is 1. The lowest BCUT2D eigenvalue weighted by atomic mass is 9.62. The van der Waals surface area contributed by atoms with Crippen LogP contribution in [0.3, 0.4) is 0 Å². The lowest BCUT2D eigenvalue weighted by Crippen LogP contribution is -2.64. The molecule has 0 spiro atoms. The van der Waals surface area contributed by atoms with E-state index < -0.39 is 22.8 Å². The number of halogens is 1. The monoisotopic (exact) mass is 565 g/mol. The van der Waals surface area contributed by atoms with Gasteiger partial charge in [0.25, 0.3) is 0 Å². The van der Waals surface area contributed by atoms with Crippen LogP contribution in [0.2, 0.25) is 0 Å². The number of hydrogen-bond acceptors (Lipinski definition) is 5. The van der Waals surface area contributed by atoms with Crippen molar-refractivity contribution in [2.24, 2.45) is 16.7 Å². The van der Waals surface area contributed by atoms with E-state index in [0.717, 1.165) is 21.3 Å². The van der Waals surface area contributed by atoms with Crippen LogP contribution in [0.15, 0.2) is 64.5 Å². The summed E-state index contributed by atoms with van der Waals surface area (Å²) < 4.78 is 0.973. The molecule has 3 unspecified atom stereocenters. The molecule has 1 N–H and O–H groups in total. The summed E-state index contributed by atoms with van der Waals surface area (Å²) in [5.74, 6) is -1.18. The summed E-state index contributed by atoms with van der Waals surface area (Å²) in [5, 5.41) is 5.21. The highest BCUT2D eigenvalue weighted by Gasteiger charge is 2.65. The van der Waals surface area contributed by atoms with E-state index in [2.05, 4.69) is 26.2 Å². The Bertz CT molecular complexity index is 1320. The van der Waals surface area contributed by atoms with Crippen molar-refractivity contribution < 1.29 is 14.4 Å². The minimum absolute atomic E-state index is 0.245. The topological polar surface area (TPSA) is 79.4 Å². The fourth-order valence-electron chi connectivity index (χ4n) is 5.56. The first kappa shape index (κ1) is 24.8. The van der Waals surface area contributed by atoms with Crippen molar-refractivity contribution in [1.29, 1.82) is 0 Å². The lowest BCUT2D eigenvalue weighted by Gasteiger charge is -2.49. The second-order valence-electron chi connectivity index (χ2n) is 10.4. The van der Waals surface area contributed by atoms with Crippen LogP contribution in [-0.2, 0) is 20.8 Å². The van der Waals surface area contributed by atoms with Crippen molar-refractivity contribution in [3.63, 3.8) is 0 Å². The van der Waals surface area contributed by atoms with E-state index in [0.29, 0.717) is 18.0 Å². The normalized spacial score (nSPS) is 23.6. The molecule has 3 atom stereocenters. The third kappa shape index (κ3) is 4.10. The van der Waals surface area contributed by atoms with Crippen molar-refractivity contribution in [3.05, 3.63) is 70.0 Å². The lowest BCUT2D eigenvalue weighted by molar-refractivity contribution is -0.172. The zero-order valence-electron chi connectivity index (χ0n) is 20.5. The summed E-state index contributed by atoms with van der Waals surface area (Å²) in [7, 11) is 0. The maximum absolute atomic E-state index is 13.8. The highest BCUT2D eigenvalue weighted by molar-refractivity contribution is 9.10. The number of amides is 3. The Hall–Kier alpha value is -2.84. The second kappa shape index (κ2) is 9.23. The highest BCUT2D eigenvalue weighted by atomic mass is 79.9. The maximum Gasteiger partial charge on any atom is 0.249 e. The predicted molar refractivity (Wildman–Crippen MR) is 144 cm³/mol. The van der Waals surface area contributed by atoms with E-state index in [4.69, 9.17) is 0 Å². The maximum atomic E-state index is 13.8. The number of carbonyl (C=O) groups is 3. The fraction of sp³-hybridized carbons (Fsp3) is 0.357. The second-order valence-corrected chi connectivity index (χ2v) is 12.2. The average molecular weight is 567 g/mol. The van der Waals surface area contributed by atoms with Crippen LogP contribution in [0.5, 0.6) is 0 Å². The van der Waals surface area contributed by atoms with Crippen molar-refractivity contribution in [1.82, 2.24) is 9.88 Å². The summed E-state index contributed by atoms with van der Waals surface area (Å²) >= 11 is 4.75. The molecule has 186 valence electrons. The minimum Gasteiger partial charge on any atom is -0.300 e. The molecule has 6 nitrogen and oxygen atoms in total. The zero-order chi connectivity index (χ0) is 25.7. The first-order valence-electron chi connectivity index (χ1n) is 12.1. The Kier molecular flexibility index (Phi) is 6.37. The van der Waals surface area contributed by atoms with Crippen LogP contribution >= 0.6 is 27.3 Å². The third-order valence-corrected chi connectivity index (χ3v) is 9.50. The number of benzene rings is 2. The van der Waals surface area contributed by atoms with Crippen LogP contribution in [-0.4, -0.2) is 33.6 Å². The summed E-state index contributed by atoms with van der Waals surface area (Å²) in [6.45, 7) is 5.95. The quantitative estimate of drug-likeness (QED) is 0.375. The van der Waals surface area contributed by atoms with Gasteiger partial charge in [0.15, 0.2) is 5.13 Å². The van der Waals surface area contributed by atoms with Gasteiger partial charge in [0.05, 0.1) is 11.1 Å². The molecule has 36 heavy (non-hydrogen) atoms. The molecule has 1 aliphatic carbocycles. The number of carbonyl (C=O) groups excluding carboxylic acids is 3. The number of anilines is 1. The van der Waals surface area contributed by atoms with E-state index in [1.165, 1.54) is 16.2 Å². The Labute approximate surface area is 223 Å². The highest BCUT2D eigenvalue weighted by Crippen LogP contribution is 2.60. The number of hydrogen-bond donors (Lipinski definition) is 1. The van der Waals surface area contributed by atoms with Gasteiger partial charge in [-0.05, 0) is 36.0 Å². The van der Waals surface area contributed by atoms with E-state index in [1.54, 1.807) is 0 Å². The molecule has 2 aromatic carbocycles. The molecule has 8 heteroatoms. The van der Waals surface area contributed by atoms with Gasteiger partial charge in [0.1, 0.15) is 6.04 Å². The van der Waals surface area contributed by atoms with Gasteiger partial charge in [-0.2, -0.15) is 0 Å². The van der Waals surface area contributed by atoms with Crippen LogP contribution in [0.1, 0.15) is 39.2 Å². The fourth-order valence-corrected chi connectivity index (χ4v) is 6.54. The van der Waals surface area contributed by atoms with Gasteiger partial charge in [-0.25, -0.2) is 4.98 Å². The molecule has 0 radical (unpaired) electrons. The molecule has 3 amide bonds. The largest absolute Gasteiger partial charge is 0.300 e. The van der Waals surface area contributed by atoms with Crippen molar-refractivity contribution in [2.75, 3.05) is 5.32 Å². The SMILES string of the molecule is CC12CCC(C(=O)N(C(Cc3ccccc3)C(=O)Nc3nc(-c4ccc(Br)cc4)cs3)C1=O)C2(C)C. The number of aromatic nitrogens is 1. The molecule has 3 aromatic rings. The summed E-state index contributed by atoms with van der Waals surface area (Å²) in [5.41, 5.74) is 1.44. The van der Waals surface area contributed by atoms with Crippen LogP contribution < -0.4 is 5.32 Å². The van der Waals surface area contributed by atoms with Gasteiger partial charge in [-0.15, -0.1) is 11.3 Å². The molecule has 1 aliphatic heterocycles. The van der Waals surface area contributed by atoms with Crippen LogP contribution in [0, 0.1) is 16.7 Å². The number of piperidine rings is 1. The Balaban J connectivity index is 1.45. The summed E-state index contributed by atoms with van der Waals surface area (Å²) in [6, 6.07) is 16.3. The first-order chi connectivity index (χ1) is 17.1. The Morgan fingerprint density at radius 1 is 1.14 bits per heavy atom. The van der Waals surface area contributed by atoms with Crippen molar-refractivity contribution in [3.8, 4) is 11.3 Å². The van der Waals surface area contributed by atoms with E-state index in [9.17, 15) is 14.4 Å². The first-order valence-corrected chi connectivity index (χ1v) is 13.7. The summed E-state index contributed by atoms with van der Waals surface area (Å²) in [4.78, 5) is 47.1. The number of imide groups is 1. The Morgan fingerprint density at radius 2 is 1.83 bits per heavy atom. The van der Waals surface area contributed by atoms with Gasteiger partial charge < -0.3 is 5.32 Å². The molecule has 2 heterocycles. The van der Waals surface area contributed by atoms with Gasteiger partial charge in [-0.1, -0.05) is 79.2 Å². The van der Waals surface area contributed by atoms with Crippen LogP contribution in [0.4, 0.5) is 5.13 Å². The molecular weight excluding hydrogens is 538 g/mol. The zero-order valence-corrected chi connectivity index (χ0v) is 22.9. The van der Waals surface area contributed by atoms with Crippen molar-refractivity contribution >= 4 is 50.1 Å². The molecule has 2 fully saturated rings. The molecule has 1 aromatic heterocycles. The number of nitrogens with one attached hydrogen (secondary N) is 1. The third-order valence-electron chi connectivity index (χ3n) is 8.21. The number of rotatable bonds is 6. The standard InChI is InChI=1S/C28H28BrN3O3S/c1-27(2)20-13-14-28(27,3)25(35)32(24(20)34)22(15-17-7-5-4-6-8-17)23(33)31-26-30-21(16-36-26)18-9-11-19(29)12-10-18/h4-12,16,20,22H,13-15H2,1-3H3,(H,30,31,33). The van der Waals surface area contributed by atoms with Gasteiger partial charge >= 0.3 is 0 Å². The molecule has 5 rings (SSSR count). The molecule has 2 bridgehead atoms. The van der Waals surface area contributed by atoms with E-state index in [1.807, 2.05) is 80.7 Å². The van der Waals surface area contributed by atoms with Gasteiger partial charge in [0, 0.05) is 27.8 Å².